The molecule has 5 nitrogen and oxygen atoms in total. The van der Waals surface area contributed by atoms with Gasteiger partial charge in [-0.15, -0.1) is 0 Å². The first-order chi connectivity index (χ1) is 8.65. The average Bonchev–Trinajstić information content (AvgIpc) is 2.08. The van der Waals surface area contributed by atoms with Crippen LogP contribution >= 0.6 is 0 Å². The summed E-state index contributed by atoms with van der Waals surface area (Å²) < 4.78 is 28.4. The number of hydrogen-bond donors (Lipinski definition) is 0. The molecule has 0 saturated carbocycles. The summed E-state index contributed by atoms with van der Waals surface area (Å²) in [5.74, 6) is 0. The van der Waals surface area contributed by atoms with Crippen LogP contribution < -0.4 is 0 Å². The summed E-state index contributed by atoms with van der Waals surface area (Å²) in [6.45, 7) is 12.1. The minimum atomic E-state index is -0.746. The zero-order chi connectivity index (χ0) is 14.3. The van der Waals surface area contributed by atoms with Gasteiger partial charge in [-0.2, -0.15) is 0 Å². The van der Waals surface area contributed by atoms with Gasteiger partial charge in [-0.05, 0) is 54.4 Å². The molecular formula is C12H24B2O5. The fraction of sp³-hybridized carbons (Fsp3) is 1.00. The highest BCUT2D eigenvalue weighted by Crippen LogP contribution is 2.29. The summed E-state index contributed by atoms with van der Waals surface area (Å²) in [6, 6.07) is 0. The van der Waals surface area contributed by atoms with Crippen molar-refractivity contribution in [1.82, 2.24) is 0 Å². The van der Waals surface area contributed by atoms with Crippen LogP contribution in [0.5, 0.6) is 0 Å². The molecule has 0 N–H and O–H groups in total. The molecule has 2 fully saturated rings. The maximum Gasteiger partial charge on any atom is 0.628 e. The Morgan fingerprint density at radius 1 is 0.842 bits per heavy atom. The summed E-state index contributed by atoms with van der Waals surface area (Å²) in [5.41, 5.74) is -0.531. The van der Waals surface area contributed by atoms with Gasteiger partial charge in [0.15, 0.2) is 0 Å². The highest BCUT2D eigenvalue weighted by Gasteiger charge is 2.46. The van der Waals surface area contributed by atoms with Gasteiger partial charge in [-0.3, -0.25) is 0 Å². The minimum Gasteiger partial charge on any atom is -0.399 e. The van der Waals surface area contributed by atoms with E-state index in [1.807, 2.05) is 41.5 Å². The van der Waals surface area contributed by atoms with Crippen LogP contribution in [-0.4, -0.2) is 38.1 Å². The second-order valence-electron chi connectivity index (χ2n) is 6.77. The van der Waals surface area contributed by atoms with Crippen molar-refractivity contribution >= 4 is 14.6 Å². The highest BCUT2D eigenvalue weighted by molar-refractivity contribution is 6.52. The highest BCUT2D eigenvalue weighted by atomic mass is 16.8. The van der Waals surface area contributed by atoms with Crippen molar-refractivity contribution in [3.63, 3.8) is 0 Å². The Bertz CT molecular complexity index is 293. The summed E-state index contributed by atoms with van der Waals surface area (Å²) in [5, 5.41) is 0. The van der Waals surface area contributed by atoms with E-state index in [9.17, 15) is 0 Å². The van der Waals surface area contributed by atoms with E-state index in [0.29, 0.717) is 0 Å². The lowest BCUT2D eigenvalue weighted by Crippen LogP contribution is -2.54. The third kappa shape index (κ3) is 4.46. The fourth-order valence-corrected chi connectivity index (χ4v) is 2.74. The predicted molar refractivity (Wildman–Crippen MR) is 73.2 cm³/mol. The van der Waals surface area contributed by atoms with Crippen molar-refractivity contribution in [3.05, 3.63) is 0 Å². The zero-order valence-electron chi connectivity index (χ0n) is 12.8. The third-order valence-electron chi connectivity index (χ3n) is 3.30. The monoisotopic (exact) mass is 270 g/mol. The minimum absolute atomic E-state index is 0.0859. The van der Waals surface area contributed by atoms with E-state index in [1.54, 1.807) is 0 Å². The number of rotatable bonds is 2. The predicted octanol–water partition coefficient (Wildman–Crippen LogP) is 2.18. The molecular weight excluding hydrogens is 246 g/mol. The van der Waals surface area contributed by atoms with Crippen LogP contribution in [0.2, 0.25) is 0 Å². The molecule has 0 aromatic carbocycles. The molecule has 2 saturated heterocycles. The van der Waals surface area contributed by atoms with Gasteiger partial charge in [0.2, 0.25) is 0 Å². The van der Waals surface area contributed by atoms with Gasteiger partial charge >= 0.3 is 14.6 Å². The van der Waals surface area contributed by atoms with E-state index < -0.39 is 14.6 Å². The van der Waals surface area contributed by atoms with Gasteiger partial charge in [0.05, 0.1) is 11.2 Å². The Labute approximate surface area is 116 Å². The molecule has 0 unspecified atom stereocenters. The van der Waals surface area contributed by atoms with Crippen molar-refractivity contribution in [1.29, 1.82) is 0 Å². The molecule has 0 spiro atoms. The Morgan fingerprint density at radius 3 is 1.53 bits per heavy atom. The molecule has 2 heterocycles. The standard InChI is InChI=1S/C12H24B2O5/c1-9-7-11(3,4)17-13(15-9)19-14-16-10(2)8-12(5,6)18-14/h9-10H,7-8H2,1-6H3/t9-,10+. The van der Waals surface area contributed by atoms with Gasteiger partial charge < -0.3 is 23.2 Å². The van der Waals surface area contributed by atoms with Crippen molar-refractivity contribution in [2.24, 2.45) is 0 Å². The molecule has 2 aliphatic heterocycles. The molecule has 108 valence electrons. The first-order valence-corrected chi connectivity index (χ1v) is 6.97. The first-order valence-electron chi connectivity index (χ1n) is 6.97. The molecule has 2 rings (SSSR count). The largest absolute Gasteiger partial charge is 0.628 e. The second-order valence-corrected chi connectivity index (χ2v) is 6.77. The van der Waals surface area contributed by atoms with Gasteiger partial charge in [0, 0.05) is 12.2 Å². The Morgan fingerprint density at radius 2 is 1.21 bits per heavy atom. The molecule has 7 heteroatoms. The normalized spacial score (nSPS) is 34.4. The molecule has 2 aliphatic rings. The molecule has 19 heavy (non-hydrogen) atoms. The average molecular weight is 270 g/mol. The summed E-state index contributed by atoms with van der Waals surface area (Å²) in [4.78, 5) is 0. The maximum absolute atomic E-state index is 5.75. The van der Waals surface area contributed by atoms with Crippen LogP contribution in [0.4, 0.5) is 0 Å². The van der Waals surface area contributed by atoms with E-state index in [-0.39, 0.29) is 23.4 Å². The summed E-state index contributed by atoms with van der Waals surface area (Å²) in [7, 11) is -1.49. The molecule has 0 aromatic rings. The van der Waals surface area contributed by atoms with Crippen molar-refractivity contribution in [3.8, 4) is 0 Å². The first kappa shape index (κ1) is 15.3. The maximum atomic E-state index is 5.75. The van der Waals surface area contributed by atoms with Crippen LogP contribution in [0.25, 0.3) is 0 Å². The van der Waals surface area contributed by atoms with Gasteiger partial charge in [-0.1, -0.05) is 0 Å². The van der Waals surface area contributed by atoms with E-state index in [0.717, 1.165) is 12.8 Å². The van der Waals surface area contributed by atoms with Crippen molar-refractivity contribution < 1.29 is 23.2 Å². The van der Waals surface area contributed by atoms with Crippen LogP contribution in [0, 0.1) is 0 Å². The van der Waals surface area contributed by atoms with Crippen LogP contribution in [0.1, 0.15) is 54.4 Å². The van der Waals surface area contributed by atoms with E-state index in [1.165, 1.54) is 0 Å². The van der Waals surface area contributed by atoms with Crippen LogP contribution in [0.15, 0.2) is 0 Å². The SMILES string of the molecule is C[C@@H]1CC(C)(C)OB(OB2O[C@@H](C)CC(C)(C)O2)O1. The lowest BCUT2D eigenvalue weighted by Gasteiger charge is -2.40. The number of hydrogen-bond acceptors (Lipinski definition) is 5. The molecule has 0 bridgehead atoms. The van der Waals surface area contributed by atoms with Crippen molar-refractivity contribution in [2.45, 2.75) is 77.8 Å². The smallest absolute Gasteiger partial charge is 0.399 e. The van der Waals surface area contributed by atoms with Gasteiger partial charge in [-0.25, -0.2) is 0 Å². The third-order valence-corrected chi connectivity index (χ3v) is 3.30. The Balaban J connectivity index is 1.93. The molecule has 0 aliphatic carbocycles. The van der Waals surface area contributed by atoms with Crippen LogP contribution in [0.3, 0.4) is 0 Å². The van der Waals surface area contributed by atoms with Crippen molar-refractivity contribution in [2.75, 3.05) is 0 Å². The van der Waals surface area contributed by atoms with E-state index in [2.05, 4.69) is 0 Å². The van der Waals surface area contributed by atoms with E-state index in [4.69, 9.17) is 23.2 Å². The van der Waals surface area contributed by atoms with Gasteiger partial charge in [0.25, 0.3) is 0 Å². The lowest BCUT2D eigenvalue weighted by molar-refractivity contribution is -0.0873. The molecule has 2 atom stereocenters. The lowest BCUT2D eigenvalue weighted by atomic mass is 9.91. The van der Waals surface area contributed by atoms with Crippen LogP contribution in [-0.2, 0) is 23.2 Å². The Kier molecular flexibility index (Phi) is 4.33. The zero-order valence-corrected chi connectivity index (χ0v) is 12.8. The second kappa shape index (κ2) is 5.37. The fourth-order valence-electron chi connectivity index (χ4n) is 2.74. The summed E-state index contributed by atoms with van der Waals surface area (Å²) in [6.07, 6.45) is 1.84. The topological polar surface area (TPSA) is 46.2 Å². The van der Waals surface area contributed by atoms with E-state index >= 15 is 0 Å². The van der Waals surface area contributed by atoms with Gasteiger partial charge in [0.1, 0.15) is 0 Å². The molecule has 0 amide bonds. The quantitative estimate of drug-likeness (QED) is 0.719. The summed E-state index contributed by atoms with van der Waals surface area (Å²) >= 11 is 0. The molecule has 0 radical (unpaired) electrons. The Hall–Kier alpha value is -0.0701. The molecule has 0 aromatic heterocycles.